The summed E-state index contributed by atoms with van der Waals surface area (Å²) < 4.78 is 0. The van der Waals surface area contributed by atoms with E-state index in [0.717, 1.165) is 17.8 Å². The number of fused-ring (bicyclic) bond motifs is 1. The van der Waals surface area contributed by atoms with Gasteiger partial charge in [-0.1, -0.05) is 42.3 Å². The van der Waals surface area contributed by atoms with Crippen molar-refractivity contribution in [3.05, 3.63) is 59.2 Å². The average Bonchev–Trinajstić information content (AvgIpc) is 2.57. The minimum atomic E-state index is 0.190. The maximum absolute atomic E-state index is 12.4. The zero-order valence-corrected chi connectivity index (χ0v) is 15.0. The molecule has 0 bridgehead atoms. The second kappa shape index (κ2) is 6.68. The number of benzene rings is 2. The van der Waals surface area contributed by atoms with Crippen molar-refractivity contribution in [1.29, 1.82) is 0 Å². The van der Waals surface area contributed by atoms with Crippen LogP contribution in [0.2, 0.25) is 0 Å². The van der Waals surface area contributed by atoms with Gasteiger partial charge in [0.05, 0.1) is 6.04 Å². The Morgan fingerprint density at radius 3 is 2.46 bits per heavy atom. The SMILES string of the molecule is CCC(=O)N1c2ccc(C)cc2[C@H](Nc2ccc(C)cc2)C[C@H]1C. The van der Waals surface area contributed by atoms with Crippen molar-refractivity contribution in [3.8, 4) is 0 Å². The number of carbonyl (C=O) groups excluding carboxylic acids is 1. The van der Waals surface area contributed by atoms with Crippen molar-refractivity contribution in [1.82, 2.24) is 0 Å². The van der Waals surface area contributed by atoms with Gasteiger partial charge in [-0.25, -0.2) is 0 Å². The first-order valence-electron chi connectivity index (χ1n) is 8.75. The largest absolute Gasteiger partial charge is 0.378 e. The number of aryl methyl sites for hydroxylation is 2. The fourth-order valence-electron chi connectivity index (χ4n) is 3.52. The summed E-state index contributed by atoms with van der Waals surface area (Å²) in [5, 5.41) is 3.66. The molecule has 2 aromatic rings. The molecule has 1 aliphatic rings. The van der Waals surface area contributed by atoms with Crippen LogP contribution in [0.5, 0.6) is 0 Å². The molecule has 0 radical (unpaired) electrons. The van der Waals surface area contributed by atoms with Crippen LogP contribution in [-0.4, -0.2) is 11.9 Å². The number of nitrogens with zero attached hydrogens (tertiary/aromatic N) is 1. The van der Waals surface area contributed by atoms with Gasteiger partial charge < -0.3 is 10.2 Å². The van der Waals surface area contributed by atoms with Gasteiger partial charge in [0.1, 0.15) is 0 Å². The lowest BCUT2D eigenvalue weighted by Crippen LogP contribution is -2.44. The molecule has 0 saturated carbocycles. The number of hydrogen-bond acceptors (Lipinski definition) is 2. The number of carbonyl (C=O) groups is 1. The van der Waals surface area contributed by atoms with Gasteiger partial charge in [0.25, 0.3) is 0 Å². The van der Waals surface area contributed by atoms with Gasteiger partial charge >= 0.3 is 0 Å². The van der Waals surface area contributed by atoms with Crippen molar-refractivity contribution < 1.29 is 4.79 Å². The summed E-state index contributed by atoms with van der Waals surface area (Å²) in [6, 6.07) is 15.3. The standard InChI is InChI=1S/C21H26N2O/c1-5-21(24)23-16(4)13-19(18-12-15(3)8-11-20(18)23)22-17-9-6-14(2)7-10-17/h6-12,16,19,22H,5,13H2,1-4H3/t16-,19-/m1/s1. The van der Waals surface area contributed by atoms with Crippen LogP contribution in [0.3, 0.4) is 0 Å². The quantitative estimate of drug-likeness (QED) is 0.863. The highest BCUT2D eigenvalue weighted by atomic mass is 16.2. The Morgan fingerprint density at radius 1 is 1.12 bits per heavy atom. The first kappa shape index (κ1) is 16.6. The Kier molecular flexibility index (Phi) is 4.61. The van der Waals surface area contributed by atoms with Gasteiger partial charge in [-0.05, 0) is 51.0 Å². The minimum absolute atomic E-state index is 0.190. The molecule has 0 saturated heterocycles. The molecular formula is C21H26N2O. The molecule has 1 heterocycles. The monoisotopic (exact) mass is 322 g/mol. The molecule has 126 valence electrons. The number of hydrogen-bond donors (Lipinski definition) is 1. The molecule has 0 aromatic heterocycles. The third-order valence-corrected chi connectivity index (χ3v) is 4.80. The fraction of sp³-hybridized carbons (Fsp3) is 0.381. The Hall–Kier alpha value is -2.29. The fourth-order valence-corrected chi connectivity index (χ4v) is 3.52. The Morgan fingerprint density at radius 2 is 1.79 bits per heavy atom. The lowest BCUT2D eigenvalue weighted by Gasteiger charge is -2.40. The summed E-state index contributed by atoms with van der Waals surface area (Å²) in [4.78, 5) is 14.4. The van der Waals surface area contributed by atoms with Gasteiger partial charge in [0, 0.05) is 23.8 Å². The smallest absolute Gasteiger partial charge is 0.226 e. The number of anilines is 2. The van der Waals surface area contributed by atoms with Crippen LogP contribution in [0.1, 0.15) is 49.4 Å². The van der Waals surface area contributed by atoms with Crippen molar-refractivity contribution in [2.24, 2.45) is 0 Å². The van der Waals surface area contributed by atoms with E-state index in [9.17, 15) is 4.79 Å². The molecule has 3 heteroatoms. The number of amides is 1. The Balaban J connectivity index is 1.98. The average molecular weight is 322 g/mol. The van der Waals surface area contributed by atoms with Gasteiger partial charge in [-0.15, -0.1) is 0 Å². The second-order valence-corrected chi connectivity index (χ2v) is 6.83. The second-order valence-electron chi connectivity index (χ2n) is 6.83. The van der Waals surface area contributed by atoms with E-state index in [-0.39, 0.29) is 18.0 Å². The molecule has 0 unspecified atom stereocenters. The normalized spacial score (nSPS) is 19.8. The van der Waals surface area contributed by atoms with Crippen LogP contribution in [0.4, 0.5) is 11.4 Å². The van der Waals surface area contributed by atoms with Crippen molar-refractivity contribution in [2.45, 2.75) is 52.6 Å². The molecule has 2 atom stereocenters. The van der Waals surface area contributed by atoms with Crippen molar-refractivity contribution >= 4 is 17.3 Å². The molecule has 0 fully saturated rings. The Bertz CT molecular complexity index is 736. The summed E-state index contributed by atoms with van der Waals surface area (Å²) in [7, 11) is 0. The number of rotatable bonds is 3. The summed E-state index contributed by atoms with van der Waals surface area (Å²) in [6.07, 6.45) is 1.45. The van der Waals surface area contributed by atoms with Gasteiger partial charge in [-0.2, -0.15) is 0 Å². The molecule has 2 aromatic carbocycles. The molecule has 24 heavy (non-hydrogen) atoms. The van der Waals surface area contributed by atoms with Crippen LogP contribution in [0.15, 0.2) is 42.5 Å². The zero-order valence-electron chi connectivity index (χ0n) is 15.0. The van der Waals surface area contributed by atoms with Crippen LogP contribution in [0.25, 0.3) is 0 Å². The molecule has 3 rings (SSSR count). The topological polar surface area (TPSA) is 32.3 Å². The third kappa shape index (κ3) is 3.16. The summed E-state index contributed by atoms with van der Waals surface area (Å²) in [5.41, 5.74) is 5.88. The van der Waals surface area contributed by atoms with Crippen LogP contribution < -0.4 is 10.2 Å². The van der Waals surface area contributed by atoms with Gasteiger partial charge in [0.2, 0.25) is 5.91 Å². The van der Waals surface area contributed by atoms with E-state index in [1.54, 1.807) is 0 Å². The first-order chi connectivity index (χ1) is 11.5. The predicted molar refractivity (Wildman–Crippen MR) is 101 cm³/mol. The molecule has 0 aliphatic carbocycles. The lowest BCUT2D eigenvalue weighted by molar-refractivity contribution is -0.118. The highest BCUT2D eigenvalue weighted by molar-refractivity contribution is 5.95. The highest BCUT2D eigenvalue weighted by Crippen LogP contribution is 2.39. The maximum Gasteiger partial charge on any atom is 0.226 e. The van der Waals surface area contributed by atoms with E-state index in [0.29, 0.717) is 6.42 Å². The highest BCUT2D eigenvalue weighted by Gasteiger charge is 2.33. The lowest BCUT2D eigenvalue weighted by atomic mass is 9.90. The molecule has 1 aliphatic heterocycles. The maximum atomic E-state index is 12.4. The van der Waals surface area contributed by atoms with Crippen molar-refractivity contribution in [2.75, 3.05) is 10.2 Å². The number of nitrogens with one attached hydrogen (secondary N) is 1. The van der Waals surface area contributed by atoms with Crippen LogP contribution in [-0.2, 0) is 4.79 Å². The Labute approximate surface area is 144 Å². The molecule has 1 N–H and O–H groups in total. The third-order valence-electron chi connectivity index (χ3n) is 4.80. The van der Waals surface area contributed by atoms with E-state index in [1.807, 2.05) is 11.8 Å². The van der Waals surface area contributed by atoms with Crippen LogP contribution in [0, 0.1) is 13.8 Å². The minimum Gasteiger partial charge on any atom is -0.378 e. The summed E-state index contributed by atoms with van der Waals surface area (Å²) in [5.74, 6) is 0.196. The molecular weight excluding hydrogens is 296 g/mol. The van der Waals surface area contributed by atoms with Crippen molar-refractivity contribution in [3.63, 3.8) is 0 Å². The molecule has 3 nitrogen and oxygen atoms in total. The summed E-state index contributed by atoms with van der Waals surface area (Å²) in [6.45, 7) is 8.27. The zero-order chi connectivity index (χ0) is 17.3. The van der Waals surface area contributed by atoms with Crippen LogP contribution >= 0.6 is 0 Å². The van der Waals surface area contributed by atoms with Gasteiger partial charge in [-0.3, -0.25) is 4.79 Å². The summed E-state index contributed by atoms with van der Waals surface area (Å²) >= 11 is 0. The van der Waals surface area contributed by atoms with Gasteiger partial charge in [0.15, 0.2) is 0 Å². The van der Waals surface area contributed by atoms with E-state index in [2.05, 4.69) is 68.6 Å². The van der Waals surface area contributed by atoms with E-state index in [1.165, 1.54) is 16.7 Å². The molecule has 1 amide bonds. The first-order valence-corrected chi connectivity index (χ1v) is 8.75. The predicted octanol–water partition coefficient (Wildman–Crippen LogP) is 4.99. The van der Waals surface area contributed by atoms with E-state index < -0.39 is 0 Å². The molecule has 0 spiro atoms. The van der Waals surface area contributed by atoms with E-state index in [4.69, 9.17) is 0 Å². The van der Waals surface area contributed by atoms with E-state index >= 15 is 0 Å².